The van der Waals surface area contributed by atoms with Gasteiger partial charge in [0.2, 0.25) is 11.8 Å². The number of likely N-dealkylation sites (tertiary alicyclic amines) is 2. The first-order chi connectivity index (χ1) is 9.30. The van der Waals surface area contributed by atoms with Crippen molar-refractivity contribution >= 4 is 11.8 Å². The molecule has 0 aromatic heterocycles. The number of piperidine rings is 1. The minimum absolute atomic E-state index is 0.0128. The molecule has 0 aliphatic carbocycles. The van der Waals surface area contributed by atoms with Crippen molar-refractivity contribution in [1.82, 2.24) is 9.80 Å². The lowest BCUT2D eigenvalue weighted by molar-refractivity contribution is -0.149. The van der Waals surface area contributed by atoms with Crippen LogP contribution in [0.1, 0.15) is 46.5 Å². The minimum Gasteiger partial charge on any atom is -0.391 e. The minimum atomic E-state index is -0.454. The van der Waals surface area contributed by atoms with Gasteiger partial charge in [-0.1, -0.05) is 20.8 Å². The molecule has 0 radical (unpaired) electrons. The first-order valence-electron chi connectivity index (χ1n) is 7.58. The molecular formula is C15H26N2O3. The van der Waals surface area contributed by atoms with E-state index in [0.29, 0.717) is 19.6 Å². The van der Waals surface area contributed by atoms with E-state index in [1.54, 1.807) is 9.80 Å². The summed E-state index contributed by atoms with van der Waals surface area (Å²) in [6, 6.07) is -0.327. The molecule has 2 saturated heterocycles. The van der Waals surface area contributed by atoms with Crippen molar-refractivity contribution in [3.8, 4) is 0 Å². The van der Waals surface area contributed by atoms with Gasteiger partial charge in [-0.15, -0.1) is 0 Å². The third kappa shape index (κ3) is 3.14. The molecule has 0 saturated carbocycles. The molecule has 2 amide bonds. The molecule has 2 aliphatic heterocycles. The number of hydrogen-bond acceptors (Lipinski definition) is 3. The quantitative estimate of drug-likeness (QED) is 0.780. The van der Waals surface area contributed by atoms with Crippen molar-refractivity contribution in [2.24, 2.45) is 5.41 Å². The Kier molecular flexibility index (Phi) is 4.37. The Labute approximate surface area is 120 Å². The standard InChI is InChI=1S/C15H26N2O3/c1-15(2,3)14(20)17-9-5-7-12(17)13(19)16-8-4-6-11(18)10-16/h11-12,18H,4-10H2,1-3H3/t11-,12?/m0/s1. The van der Waals surface area contributed by atoms with Crippen LogP contribution in [0.4, 0.5) is 0 Å². The summed E-state index contributed by atoms with van der Waals surface area (Å²) < 4.78 is 0. The SMILES string of the molecule is CC(C)(C)C(=O)N1CCCC1C(=O)N1CCC[C@H](O)C1. The van der Waals surface area contributed by atoms with E-state index >= 15 is 0 Å². The lowest BCUT2D eigenvalue weighted by Gasteiger charge is -2.36. The summed E-state index contributed by atoms with van der Waals surface area (Å²) in [6.07, 6.45) is 2.81. The maximum Gasteiger partial charge on any atom is 0.245 e. The van der Waals surface area contributed by atoms with Crippen molar-refractivity contribution < 1.29 is 14.7 Å². The lowest BCUT2D eigenvalue weighted by atomic mass is 9.94. The van der Waals surface area contributed by atoms with Gasteiger partial charge in [0.25, 0.3) is 0 Å². The second-order valence-electron chi connectivity index (χ2n) is 6.99. The van der Waals surface area contributed by atoms with E-state index in [-0.39, 0.29) is 17.9 Å². The first kappa shape index (κ1) is 15.3. The number of hydrogen-bond donors (Lipinski definition) is 1. The van der Waals surface area contributed by atoms with Crippen LogP contribution in [0.5, 0.6) is 0 Å². The van der Waals surface area contributed by atoms with Crippen molar-refractivity contribution in [1.29, 1.82) is 0 Å². The third-order valence-electron chi connectivity index (χ3n) is 4.15. The Bertz CT molecular complexity index is 389. The monoisotopic (exact) mass is 282 g/mol. The summed E-state index contributed by atoms with van der Waals surface area (Å²) in [7, 11) is 0. The molecule has 5 nitrogen and oxygen atoms in total. The van der Waals surface area contributed by atoms with Crippen LogP contribution in [0.2, 0.25) is 0 Å². The molecule has 2 atom stereocenters. The average Bonchev–Trinajstić information content (AvgIpc) is 2.84. The molecule has 2 rings (SSSR count). The highest BCUT2D eigenvalue weighted by molar-refractivity contribution is 5.90. The zero-order chi connectivity index (χ0) is 14.9. The van der Waals surface area contributed by atoms with E-state index in [9.17, 15) is 14.7 Å². The number of carbonyl (C=O) groups is 2. The van der Waals surface area contributed by atoms with E-state index in [2.05, 4.69) is 0 Å². The zero-order valence-electron chi connectivity index (χ0n) is 12.8. The molecule has 0 bridgehead atoms. The molecule has 0 spiro atoms. The van der Waals surface area contributed by atoms with Gasteiger partial charge >= 0.3 is 0 Å². The average molecular weight is 282 g/mol. The Balaban J connectivity index is 2.06. The van der Waals surface area contributed by atoms with Gasteiger partial charge in [0.05, 0.1) is 6.10 Å². The second kappa shape index (κ2) is 5.72. The van der Waals surface area contributed by atoms with E-state index in [4.69, 9.17) is 0 Å². The predicted molar refractivity (Wildman–Crippen MR) is 76.0 cm³/mol. The summed E-state index contributed by atoms with van der Waals surface area (Å²) in [5.41, 5.74) is -0.454. The second-order valence-corrected chi connectivity index (χ2v) is 6.99. The van der Waals surface area contributed by atoms with Crippen LogP contribution in [0.3, 0.4) is 0 Å². The fourth-order valence-electron chi connectivity index (χ4n) is 3.06. The van der Waals surface area contributed by atoms with E-state index in [1.807, 2.05) is 20.8 Å². The van der Waals surface area contributed by atoms with Gasteiger partial charge < -0.3 is 14.9 Å². The van der Waals surface area contributed by atoms with Crippen LogP contribution in [-0.4, -0.2) is 58.5 Å². The van der Waals surface area contributed by atoms with Crippen LogP contribution in [0.25, 0.3) is 0 Å². The highest BCUT2D eigenvalue weighted by atomic mass is 16.3. The summed E-state index contributed by atoms with van der Waals surface area (Å²) in [4.78, 5) is 28.5. The Morgan fingerprint density at radius 3 is 2.35 bits per heavy atom. The Morgan fingerprint density at radius 1 is 1.10 bits per heavy atom. The van der Waals surface area contributed by atoms with Crippen LogP contribution < -0.4 is 0 Å². The maximum absolute atomic E-state index is 12.6. The number of carbonyl (C=O) groups excluding carboxylic acids is 2. The topological polar surface area (TPSA) is 60.9 Å². The summed E-state index contributed by atoms with van der Waals surface area (Å²) >= 11 is 0. The van der Waals surface area contributed by atoms with Gasteiger partial charge in [0.15, 0.2) is 0 Å². The molecule has 2 aliphatic rings. The molecule has 2 heterocycles. The van der Waals surface area contributed by atoms with E-state index in [0.717, 1.165) is 25.7 Å². The van der Waals surface area contributed by atoms with Gasteiger partial charge in [-0.05, 0) is 25.7 Å². The van der Waals surface area contributed by atoms with Crippen molar-refractivity contribution in [3.05, 3.63) is 0 Å². The Morgan fingerprint density at radius 2 is 1.75 bits per heavy atom. The fourth-order valence-corrected chi connectivity index (χ4v) is 3.06. The smallest absolute Gasteiger partial charge is 0.245 e. The molecule has 1 N–H and O–H groups in total. The van der Waals surface area contributed by atoms with Crippen LogP contribution in [0, 0.1) is 5.41 Å². The number of nitrogens with zero attached hydrogens (tertiary/aromatic N) is 2. The molecule has 0 aromatic carbocycles. The lowest BCUT2D eigenvalue weighted by Crippen LogP contribution is -2.53. The number of aliphatic hydroxyl groups is 1. The van der Waals surface area contributed by atoms with Gasteiger partial charge in [0, 0.05) is 25.0 Å². The van der Waals surface area contributed by atoms with Gasteiger partial charge in [-0.3, -0.25) is 9.59 Å². The van der Waals surface area contributed by atoms with Gasteiger partial charge in [-0.25, -0.2) is 0 Å². The summed E-state index contributed by atoms with van der Waals surface area (Å²) in [6.45, 7) is 7.44. The summed E-state index contributed by atoms with van der Waals surface area (Å²) in [5, 5.41) is 9.70. The highest BCUT2D eigenvalue weighted by Gasteiger charge is 2.40. The molecule has 114 valence electrons. The van der Waals surface area contributed by atoms with Crippen LogP contribution >= 0.6 is 0 Å². The number of β-amino-alcohol motifs (C(OH)–C–C–N with tert-alkyl or cyclic N) is 1. The third-order valence-corrected chi connectivity index (χ3v) is 4.15. The molecular weight excluding hydrogens is 256 g/mol. The van der Waals surface area contributed by atoms with Crippen molar-refractivity contribution in [3.63, 3.8) is 0 Å². The van der Waals surface area contributed by atoms with Crippen molar-refractivity contribution in [2.75, 3.05) is 19.6 Å². The normalized spacial score (nSPS) is 27.8. The van der Waals surface area contributed by atoms with Crippen LogP contribution in [0.15, 0.2) is 0 Å². The largest absolute Gasteiger partial charge is 0.391 e. The van der Waals surface area contributed by atoms with Gasteiger partial charge in [0.1, 0.15) is 6.04 Å². The number of amides is 2. The van der Waals surface area contributed by atoms with E-state index in [1.165, 1.54) is 0 Å². The molecule has 1 unspecified atom stereocenters. The predicted octanol–water partition coefficient (Wildman–Crippen LogP) is 1.01. The maximum atomic E-state index is 12.6. The zero-order valence-corrected chi connectivity index (χ0v) is 12.8. The molecule has 0 aromatic rings. The first-order valence-corrected chi connectivity index (χ1v) is 7.58. The number of rotatable bonds is 1. The number of aliphatic hydroxyl groups excluding tert-OH is 1. The molecule has 20 heavy (non-hydrogen) atoms. The molecule has 5 heteroatoms. The molecule has 2 fully saturated rings. The van der Waals surface area contributed by atoms with E-state index < -0.39 is 11.5 Å². The summed E-state index contributed by atoms with van der Waals surface area (Å²) in [5.74, 6) is 0.0600. The Hall–Kier alpha value is -1.10. The van der Waals surface area contributed by atoms with Gasteiger partial charge in [-0.2, -0.15) is 0 Å². The fraction of sp³-hybridized carbons (Fsp3) is 0.867. The van der Waals surface area contributed by atoms with Crippen LogP contribution in [-0.2, 0) is 9.59 Å². The van der Waals surface area contributed by atoms with Crippen molar-refractivity contribution in [2.45, 2.75) is 58.6 Å². The highest BCUT2D eigenvalue weighted by Crippen LogP contribution is 2.27.